The minimum absolute atomic E-state index is 0.492. The first kappa shape index (κ1) is 15.6. The van der Waals surface area contributed by atoms with Gasteiger partial charge in [-0.25, -0.2) is 0 Å². The topological polar surface area (TPSA) is 67.2 Å². The highest BCUT2D eigenvalue weighted by atomic mass is 16.1. The Balaban J connectivity index is 2.88. The molecule has 0 aliphatic heterocycles. The zero-order chi connectivity index (χ0) is 14.8. The quantitative estimate of drug-likeness (QED) is 0.386. The molecule has 4 N–H and O–H groups in total. The molecule has 1 rings (SSSR count). The Bertz CT molecular complexity index is 518. The zero-order valence-electron chi connectivity index (χ0n) is 11.7. The average molecular weight is 271 g/mol. The number of rotatable bonds is 8. The molecule has 0 aliphatic carbocycles. The molecule has 1 aromatic rings. The number of nitrogens with one attached hydrogen (secondary N) is 2. The molecule has 0 bridgehead atoms. The summed E-state index contributed by atoms with van der Waals surface area (Å²) in [7, 11) is 1.84. The number of aldehydes is 1. The molecule has 0 atom stereocenters. The molecule has 0 unspecified atom stereocenters. The Labute approximate surface area is 120 Å². The molecule has 0 aromatic heterocycles. The van der Waals surface area contributed by atoms with Gasteiger partial charge in [0, 0.05) is 36.2 Å². The molecular weight excluding hydrogens is 250 g/mol. The maximum atomic E-state index is 10.4. The van der Waals surface area contributed by atoms with Crippen LogP contribution in [0, 0.1) is 0 Å². The number of allylic oxidation sites excluding steroid dienone is 4. The van der Waals surface area contributed by atoms with Gasteiger partial charge in [0.15, 0.2) is 0 Å². The molecule has 0 radical (unpaired) electrons. The zero-order valence-corrected chi connectivity index (χ0v) is 11.7. The Kier molecular flexibility index (Phi) is 6.68. The first-order valence-electron chi connectivity index (χ1n) is 6.47. The van der Waals surface area contributed by atoms with Gasteiger partial charge in [-0.2, -0.15) is 0 Å². The van der Waals surface area contributed by atoms with Crippen LogP contribution in [0.5, 0.6) is 0 Å². The van der Waals surface area contributed by atoms with Crippen LogP contribution < -0.4 is 16.4 Å². The van der Waals surface area contributed by atoms with Crippen LogP contribution in [0.3, 0.4) is 0 Å². The third-order valence-electron chi connectivity index (χ3n) is 2.66. The van der Waals surface area contributed by atoms with E-state index >= 15 is 0 Å². The minimum atomic E-state index is 0.492. The maximum absolute atomic E-state index is 10.4. The van der Waals surface area contributed by atoms with E-state index < -0.39 is 0 Å². The fourth-order valence-electron chi connectivity index (χ4n) is 1.71. The summed E-state index contributed by atoms with van der Waals surface area (Å²) in [6, 6.07) is 7.51. The van der Waals surface area contributed by atoms with Gasteiger partial charge in [-0.1, -0.05) is 18.7 Å². The van der Waals surface area contributed by atoms with Crippen molar-refractivity contribution in [3.05, 3.63) is 60.5 Å². The highest BCUT2D eigenvalue weighted by molar-refractivity contribution is 5.58. The van der Waals surface area contributed by atoms with Crippen molar-refractivity contribution in [2.75, 3.05) is 18.1 Å². The van der Waals surface area contributed by atoms with Gasteiger partial charge in [0.05, 0.1) is 0 Å². The van der Waals surface area contributed by atoms with Crippen LogP contribution in [0.2, 0.25) is 0 Å². The smallest absolute Gasteiger partial charge is 0.120 e. The van der Waals surface area contributed by atoms with Crippen molar-refractivity contribution in [1.29, 1.82) is 0 Å². The van der Waals surface area contributed by atoms with Gasteiger partial charge in [0.25, 0.3) is 0 Å². The largest absolute Gasteiger partial charge is 0.399 e. The van der Waals surface area contributed by atoms with Crippen molar-refractivity contribution in [2.24, 2.45) is 0 Å². The monoisotopic (exact) mass is 271 g/mol. The SMILES string of the molecule is C=C/C=C(\C=C(/CCC=O)NC)Nc1cccc(N)c1. The van der Waals surface area contributed by atoms with Crippen LogP contribution >= 0.6 is 0 Å². The van der Waals surface area contributed by atoms with Crippen LogP contribution in [0.4, 0.5) is 11.4 Å². The lowest BCUT2D eigenvalue weighted by atomic mass is 10.2. The molecule has 4 heteroatoms. The molecule has 4 nitrogen and oxygen atoms in total. The fraction of sp³-hybridized carbons (Fsp3) is 0.188. The molecule has 0 spiro atoms. The van der Waals surface area contributed by atoms with Crippen molar-refractivity contribution in [3.8, 4) is 0 Å². The number of hydrogen-bond donors (Lipinski definition) is 3. The van der Waals surface area contributed by atoms with Crippen LogP contribution in [-0.2, 0) is 4.79 Å². The van der Waals surface area contributed by atoms with Crippen molar-refractivity contribution in [2.45, 2.75) is 12.8 Å². The van der Waals surface area contributed by atoms with Gasteiger partial charge < -0.3 is 21.2 Å². The summed E-state index contributed by atoms with van der Waals surface area (Å²) in [5.41, 5.74) is 9.21. The van der Waals surface area contributed by atoms with Crippen molar-refractivity contribution >= 4 is 17.7 Å². The molecule has 0 saturated heterocycles. The molecule has 0 saturated carbocycles. The predicted octanol–water partition coefficient (Wildman–Crippen LogP) is 2.83. The second-order valence-electron chi connectivity index (χ2n) is 4.23. The van der Waals surface area contributed by atoms with E-state index in [2.05, 4.69) is 17.2 Å². The maximum Gasteiger partial charge on any atom is 0.120 e. The van der Waals surface area contributed by atoms with E-state index in [4.69, 9.17) is 5.73 Å². The molecule has 1 aromatic carbocycles. The summed E-state index contributed by atoms with van der Waals surface area (Å²) in [4.78, 5) is 10.4. The van der Waals surface area contributed by atoms with Crippen LogP contribution in [0.1, 0.15) is 12.8 Å². The first-order valence-corrected chi connectivity index (χ1v) is 6.47. The number of benzene rings is 1. The van der Waals surface area contributed by atoms with Crippen LogP contribution in [-0.4, -0.2) is 13.3 Å². The van der Waals surface area contributed by atoms with Gasteiger partial charge in [0.2, 0.25) is 0 Å². The van der Waals surface area contributed by atoms with E-state index in [1.165, 1.54) is 0 Å². The lowest BCUT2D eigenvalue weighted by Gasteiger charge is -2.11. The number of nitrogen functional groups attached to an aromatic ring is 1. The highest BCUT2D eigenvalue weighted by Crippen LogP contribution is 2.16. The van der Waals surface area contributed by atoms with Gasteiger partial charge in [-0.15, -0.1) is 0 Å². The number of hydrogen-bond acceptors (Lipinski definition) is 4. The fourth-order valence-corrected chi connectivity index (χ4v) is 1.71. The Morgan fingerprint density at radius 3 is 2.85 bits per heavy atom. The third-order valence-corrected chi connectivity index (χ3v) is 2.66. The van der Waals surface area contributed by atoms with Crippen molar-refractivity contribution in [1.82, 2.24) is 5.32 Å². The highest BCUT2D eigenvalue weighted by Gasteiger charge is 1.99. The summed E-state index contributed by atoms with van der Waals surface area (Å²) < 4.78 is 0. The molecule has 0 fully saturated rings. The van der Waals surface area contributed by atoms with E-state index in [1.807, 2.05) is 43.5 Å². The molecular formula is C16H21N3O. The van der Waals surface area contributed by atoms with Gasteiger partial charge in [0.1, 0.15) is 6.29 Å². The second kappa shape index (κ2) is 8.58. The predicted molar refractivity (Wildman–Crippen MR) is 85.2 cm³/mol. The summed E-state index contributed by atoms with van der Waals surface area (Å²) in [6.45, 7) is 3.71. The summed E-state index contributed by atoms with van der Waals surface area (Å²) >= 11 is 0. The number of carbonyl (C=O) groups excluding carboxylic acids is 1. The third kappa shape index (κ3) is 5.44. The first-order chi connectivity index (χ1) is 9.69. The van der Waals surface area contributed by atoms with Crippen LogP contribution in [0.15, 0.2) is 60.5 Å². The van der Waals surface area contributed by atoms with Crippen molar-refractivity contribution in [3.63, 3.8) is 0 Å². The summed E-state index contributed by atoms with van der Waals surface area (Å²) in [5.74, 6) is 0. The Morgan fingerprint density at radius 2 is 2.25 bits per heavy atom. The number of nitrogens with two attached hydrogens (primary N) is 1. The van der Waals surface area contributed by atoms with Gasteiger partial charge in [-0.3, -0.25) is 0 Å². The molecule has 0 heterocycles. The lowest BCUT2D eigenvalue weighted by Crippen LogP contribution is -2.08. The summed E-state index contributed by atoms with van der Waals surface area (Å²) in [6.07, 6.45) is 7.60. The lowest BCUT2D eigenvalue weighted by molar-refractivity contribution is -0.107. The number of anilines is 2. The Hall–Kier alpha value is -2.49. The van der Waals surface area contributed by atoms with E-state index in [9.17, 15) is 4.79 Å². The van der Waals surface area contributed by atoms with Crippen LogP contribution in [0.25, 0.3) is 0 Å². The normalized spacial score (nSPS) is 11.8. The van der Waals surface area contributed by atoms with E-state index in [0.29, 0.717) is 18.5 Å². The second-order valence-corrected chi connectivity index (χ2v) is 4.23. The number of carbonyl (C=O) groups is 1. The Morgan fingerprint density at radius 1 is 1.45 bits per heavy atom. The minimum Gasteiger partial charge on any atom is -0.399 e. The van der Waals surface area contributed by atoms with Gasteiger partial charge in [-0.05, 0) is 36.8 Å². The van der Waals surface area contributed by atoms with Gasteiger partial charge >= 0.3 is 0 Å². The molecule has 20 heavy (non-hydrogen) atoms. The van der Waals surface area contributed by atoms with E-state index in [-0.39, 0.29) is 0 Å². The standard InChI is InChI=1S/C16H21N3O/c1-3-6-15(12-14(18-2)9-5-10-20)19-16-8-4-7-13(17)11-16/h3-4,6-8,10-12,18-19H,1,5,9,17H2,2H3/b14-12+,15-6+. The molecule has 106 valence electrons. The van der Waals surface area contributed by atoms with E-state index in [1.54, 1.807) is 6.08 Å². The summed E-state index contributed by atoms with van der Waals surface area (Å²) in [5, 5.41) is 6.35. The molecule has 0 amide bonds. The molecule has 0 aliphatic rings. The van der Waals surface area contributed by atoms with E-state index in [0.717, 1.165) is 23.4 Å². The average Bonchev–Trinajstić information content (AvgIpc) is 2.43. The van der Waals surface area contributed by atoms with Crippen molar-refractivity contribution < 1.29 is 4.79 Å².